The Balaban J connectivity index is 2.64. The molecule has 0 spiro atoms. The smallest absolute Gasteiger partial charge is 0.207 e. The van der Waals surface area contributed by atoms with Crippen LogP contribution in [0.2, 0.25) is 20.2 Å². The van der Waals surface area contributed by atoms with E-state index in [0.717, 1.165) is 0 Å². The number of nitrogens with zero attached hydrogens (tertiary/aromatic N) is 1. The van der Waals surface area contributed by atoms with Gasteiger partial charge < -0.3 is 0 Å². The Morgan fingerprint density at radius 1 is 0.824 bits per heavy atom. The Bertz CT molecular complexity index is 586. The van der Waals surface area contributed by atoms with Crippen molar-refractivity contribution in [3.05, 3.63) is 50.4 Å². The molecular weight excluding hydrogens is 307 g/mol. The molecule has 0 atom stereocenters. The highest BCUT2D eigenvalue weighted by Gasteiger charge is 2.13. The van der Waals surface area contributed by atoms with E-state index in [4.69, 9.17) is 46.4 Å². The van der Waals surface area contributed by atoms with Crippen molar-refractivity contribution in [3.8, 4) is 11.1 Å². The van der Waals surface area contributed by atoms with Crippen molar-refractivity contribution in [1.82, 2.24) is 4.98 Å². The molecule has 0 bridgehead atoms. The molecule has 0 saturated carbocycles. The van der Waals surface area contributed by atoms with Gasteiger partial charge in [0.15, 0.2) is 0 Å². The molecule has 2 aromatic rings. The highest BCUT2D eigenvalue weighted by atomic mass is 35.5. The van der Waals surface area contributed by atoms with E-state index in [2.05, 4.69) is 4.98 Å². The number of pyridine rings is 1. The van der Waals surface area contributed by atoms with Gasteiger partial charge >= 0.3 is 0 Å². The van der Waals surface area contributed by atoms with E-state index in [9.17, 15) is 4.39 Å². The van der Waals surface area contributed by atoms with Crippen molar-refractivity contribution in [3.63, 3.8) is 0 Å². The first-order chi connectivity index (χ1) is 7.99. The molecule has 6 heteroatoms. The van der Waals surface area contributed by atoms with Crippen LogP contribution in [0.25, 0.3) is 11.1 Å². The first-order valence-corrected chi connectivity index (χ1v) is 5.97. The van der Waals surface area contributed by atoms with Crippen molar-refractivity contribution in [2.75, 3.05) is 0 Å². The normalized spacial score (nSPS) is 10.6. The molecule has 1 aromatic carbocycles. The summed E-state index contributed by atoms with van der Waals surface area (Å²) in [5.74, 6) is -0.710. The molecule has 1 heterocycles. The number of halogens is 5. The minimum atomic E-state index is -0.710. The summed E-state index contributed by atoms with van der Waals surface area (Å²) in [5, 5.41) is 0.966. The molecule has 88 valence electrons. The van der Waals surface area contributed by atoms with Crippen LogP contribution in [-0.2, 0) is 0 Å². The summed E-state index contributed by atoms with van der Waals surface area (Å²) in [4.78, 5) is 3.51. The maximum atomic E-state index is 13.6. The van der Waals surface area contributed by atoms with E-state index in [1.54, 1.807) is 0 Å². The average molecular weight is 311 g/mol. The van der Waals surface area contributed by atoms with E-state index >= 15 is 0 Å². The largest absolute Gasteiger partial charge is 0.222 e. The van der Waals surface area contributed by atoms with Crippen molar-refractivity contribution in [2.24, 2.45) is 0 Å². The second kappa shape index (κ2) is 4.99. The Labute approximate surface area is 117 Å². The fourth-order valence-corrected chi connectivity index (χ4v) is 2.13. The molecule has 17 heavy (non-hydrogen) atoms. The zero-order valence-corrected chi connectivity index (χ0v) is 11.2. The maximum Gasteiger partial charge on any atom is 0.222 e. The third kappa shape index (κ3) is 2.66. The molecule has 0 N–H and O–H groups in total. The van der Waals surface area contributed by atoms with Crippen LogP contribution in [0.4, 0.5) is 4.39 Å². The van der Waals surface area contributed by atoms with Gasteiger partial charge in [0.2, 0.25) is 5.95 Å². The van der Waals surface area contributed by atoms with E-state index < -0.39 is 5.95 Å². The van der Waals surface area contributed by atoms with E-state index in [1.807, 2.05) is 0 Å². The van der Waals surface area contributed by atoms with Gasteiger partial charge in [0.25, 0.3) is 0 Å². The van der Waals surface area contributed by atoms with Crippen LogP contribution in [0.15, 0.2) is 24.3 Å². The van der Waals surface area contributed by atoms with Gasteiger partial charge in [-0.2, -0.15) is 4.39 Å². The lowest BCUT2D eigenvalue weighted by Gasteiger charge is -2.07. The summed E-state index contributed by atoms with van der Waals surface area (Å²) in [5.41, 5.74) is 0.640. The van der Waals surface area contributed by atoms with Crippen LogP contribution >= 0.6 is 46.4 Å². The molecule has 0 amide bonds. The zero-order valence-electron chi connectivity index (χ0n) is 8.15. The topological polar surface area (TPSA) is 12.9 Å². The van der Waals surface area contributed by atoms with Gasteiger partial charge in [-0.15, -0.1) is 0 Å². The van der Waals surface area contributed by atoms with Crippen molar-refractivity contribution >= 4 is 46.4 Å². The average Bonchev–Trinajstić information content (AvgIpc) is 2.24. The van der Waals surface area contributed by atoms with Gasteiger partial charge in [0, 0.05) is 11.1 Å². The molecule has 1 aromatic heterocycles. The molecule has 0 aliphatic carbocycles. The van der Waals surface area contributed by atoms with Gasteiger partial charge in [-0.25, -0.2) is 4.98 Å². The van der Waals surface area contributed by atoms with Crippen LogP contribution in [0.1, 0.15) is 0 Å². The van der Waals surface area contributed by atoms with E-state index in [1.165, 1.54) is 24.3 Å². The number of benzene rings is 1. The molecule has 0 unspecified atom stereocenters. The number of hydrogen-bond donors (Lipinski definition) is 0. The molecule has 0 saturated heterocycles. The fraction of sp³-hybridized carbons (Fsp3) is 0. The Morgan fingerprint density at radius 3 is 2.12 bits per heavy atom. The molecule has 2 rings (SSSR count). The Morgan fingerprint density at radius 2 is 1.47 bits per heavy atom. The van der Waals surface area contributed by atoms with Crippen LogP contribution in [0.3, 0.4) is 0 Å². The predicted molar refractivity (Wildman–Crippen MR) is 69.7 cm³/mol. The standard InChI is InChI=1S/C11H4Cl4FN/c12-7-4-9(14)8(13)3-6(7)5-1-2-10(15)17-11(5)16/h1-4H. The van der Waals surface area contributed by atoms with Crippen molar-refractivity contribution in [1.29, 1.82) is 0 Å². The van der Waals surface area contributed by atoms with Gasteiger partial charge in [-0.05, 0) is 24.3 Å². The molecule has 0 fully saturated rings. The fourth-order valence-electron chi connectivity index (χ4n) is 1.34. The van der Waals surface area contributed by atoms with Gasteiger partial charge in [-0.1, -0.05) is 46.4 Å². The molecule has 1 nitrogen and oxygen atoms in total. The first-order valence-electron chi connectivity index (χ1n) is 4.46. The van der Waals surface area contributed by atoms with Gasteiger partial charge in [-0.3, -0.25) is 0 Å². The van der Waals surface area contributed by atoms with E-state index in [0.29, 0.717) is 20.6 Å². The van der Waals surface area contributed by atoms with E-state index in [-0.39, 0.29) is 10.7 Å². The monoisotopic (exact) mass is 309 g/mol. The summed E-state index contributed by atoms with van der Waals surface area (Å²) in [6.07, 6.45) is 0. The zero-order chi connectivity index (χ0) is 12.6. The summed E-state index contributed by atoms with van der Waals surface area (Å²) in [7, 11) is 0. The van der Waals surface area contributed by atoms with Crippen LogP contribution < -0.4 is 0 Å². The number of aromatic nitrogens is 1. The molecule has 0 aliphatic rings. The summed E-state index contributed by atoms with van der Waals surface area (Å²) in [6, 6.07) is 5.89. The third-order valence-electron chi connectivity index (χ3n) is 2.11. The highest BCUT2D eigenvalue weighted by Crippen LogP contribution is 2.36. The second-order valence-corrected chi connectivity index (χ2v) is 4.83. The van der Waals surface area contributed by atoms with Crippen LogP contribution in [0.5, 0.6) is 0 Å². The molecular formula is C11H4Cl4FN. The highest BCUT2D eigenvalue weighted by molar-refractivity contribution is 6.44. The predicted octanol–water partition coefficient (Wildman–Crippen LogP) is 5.50. The summed E-state index contributed by atoms with van der Waals surface area (Å²) < 4.78 is 13.6. The maximum absolute atomic E-state index is 13.6. The SMILES string of the molecule is Fc1nc(Cl)ccc1-c1cc(Cl)c(Cl)cc1Cl. The van der Waals surface area contributed by atoms with Crippen molar-refractivity contribution in [2.45, 2.75) is 0 Å². The lowest BCUT2D eigenvalue weighted by molar-refractivity contribution is 0.588. The van der Waals surface area contributed by atoms with Crippen LogP contribution in [-0.4, -0.2) is 4.98 Å². The molecule has 0 aliphatic heterocycles. The van der Waals surface area contributed by atoms with Gasteiger partial charge in [0.05, 0.1) is 15.1 Å². The minimum absolute atomic E-state index is 0.0717. The minimum Gasteiger partial charge on any atom is -0.207 e. The second-order valence-electron chi connectivity index (χ2n) is 3.22. The Kier molecular flexibility index (Phi) is 3.79. The van der Waals surface area contributed by atoms with Crippen molar-refractivity contribution < 1.29 is 4.39 Å². The Hall–Kier alpha value is -0.540. The number of hydrogen-bond acceptors (Lipinski definition) is 1. The third-order valence-corrected chi connectivity index (χ3v) is 3.36. The first kappa shape index (κ1) is 12.9. The summed E-state index contributed by atoms with van der Waals surface area (Å²) >= 11 is 23.2. The lowest BCUT2D eigenvalue weighted by atomic mass is 10.1. The molecule has 0 radical (unpaired) electrons. The van der Waals surface area contributed by atoms with Gasteiger partial charge in [0.1, 0.15) is 5.15 Å². The number of rotatable bonds is 1. The summed E-state index contributed by atoms with van der Waals surface area (Å²) in [6.45, 7) is 0. The van der Waals surface area contributed by atoms with Crippen LogP contribution in [0, 0.1) is 5.95 Å². The lowest BCUT2D eigenvalue weighted by Crippen LogP contribution is -1.90. The quantitative estimate of drug-likeness (QED) is 0.500.